The van der Waals surface area contributed by atoms with Crippen LogP contribution in [0.3, 0.4) is 0 Å². The Morgan fingerprint density at radius 2 is 2.10 bits per heavy atom. The molecule has 0 bridgehead atoms. The summed E-state index contributed by atoms with van der Waals surface area (Å²) >= 11 is 0.892. The number of ether oxygens (including phenoxy) is 2. The summed E-state index contributed by atoms with van der Waals surface area (Å²) in [5, 5.41) is 1.87. The molecule has 0 radical (unpaired) electrons. The zero-order valence-corrected chi connectivity index (χ0v) is 12.8. The molecular formula is C15H17NO4S. The largest absolute Gasteiger partial charge is 0.493 e. The second-order valence-corrected chi connectivity index (χ2v) is 5.48. The maximum Gasteiger partial charge on any atom is 0.290 e. The minimum Gasteiger partial charge on any atom is -0.493 e. The van der Waals surface area contributed by atoms with Gasteiger partial charge in [0.15, 0.2) is 11.5 Å². The summed E-state index contributed by atoms with van der Waals surface area (Å²) in [7, 11) is 1.57. The zero-order valence-electron chi connectivity index (χ0n) is 12.0. The van der Waals surface area contributed by atoms with E-state index < -0.39 is 0 Å². The molecule has 1 fully saturated rings. The van der Waals surface area contributed by atoms with E-state index in [9.17, 15) is 9.59 Å². The highest BCUT2D eigenvalue weighted by atomic mass is 32.2. The molecule has 0 unspecified atom stereocenters. The molecule has 1 aromatic rings. The molecule has 0 aromatic heterocycles. The molecule has 5 nitrogen and oxygen atoms in total. The first kappa shape index (κ1) is 15.4. The van der Waals surface area contributed by atoms with Gasteiger partial charge in [0.1, 0.15) is 0 Å². The molecule has 6 heteroatoms. The Morgan fingerprint density at radius 1 is 1.29 bits per heavy atom. The second-order valence-electron chi connectivity index (χ2n) is 4.46. The number of benzene rings is 1. The predicted molar refractivity (Wildman–Crippen MR) is 82.5 cm³/mol. The summed E-state index contributed by atoms with van der Waals surface area (Å²) in [5.74, 6) is 0.912. The Kier molecular flexibility index (Phi) is 5.27. The van der Waals surface area contributed by atoms with Crippen molar-refractivity contribution in [2.75, 3.05) is 13.7 Å². The van der Waals surface area contributed by atoms with Gasteiger partial charge >= 0.3 is 0 Å². The first-order valence-corrected chi connectivity index (χ1v) is 7.51. The van der Waals surface area contributed by atoms with Gasteiger partial charge in [0.2, 0.25) is 0 Å². The third-order valence-electron chi connectivity index (χ3n) is 2.88. The summed E-state index contributed by atoms with van der Waals surface area (Å²) in [5.41, 5.74) is 0.780. The number of rotatable bonds is 6. The fourth-order valence-electron chi connectivity index (χ4n) is 1.79. The molecular weight excluding hydrogens is 290 g/mol. The lowest BCUT2D eigenvalue weighted by Crippen LogP contribution is -2.17. The van der Waals surface area contributed by atoms with Crippen LogP contribution in [0.25, 0.3) is 6.08 Å². The van der Waals surface area contributed by atoms with Crippen LogP contribution in [-0.2, 0) is 4.79 Å². The van der Waals surface area contributed by atoms with Crippen LogP contribution in [-0.4, -0.2) is 24.9 Å². The number of methoxy groups -OCH3 is 1. The minimum absolute atomic E-state index is 0.349. The van der Waals surface area contributed by atoms with Gasteiger partial charge in [-0.3, -0.25) is 14.9 Å². The molecule has 1 N–H and O–H groups in total. The number of carbonyl (C=O) groups is 2. The highest BCUT2D eigenvalue weighted by molar-refractivity contribution is 8.18. The molecule has 1 aliphatic rings. The maximum absolute atomic E-state index is 11.5. The van der Waals surface area contributed by atoms with Gasteiger partial charge in [-0.15, -0.1) is 0 Å². The highest BCUT2D eigenvalue weighted by Crippen LogP contribution is 2.31. The SMILES string of the molecule is CCCCOc1ccc(/C=C2/SC(=O)NC2=O)cc1OC. The average molecular weight is 307 g/mol. The van der Waals surface area contributed by atoms with Crippen molar-refractivity contribution < 1.29 is 19.1 Å². The summed E-state index contributed by atoms with van der Waals surface area (Å²) in [6.07, 6.45) is 3.70. The molecule has 0 spiro atoms. The number of carbonyl (C=O) groups excluding carboxylic acids is 2. The molecule has 21 heavy (non-hydrogen) atoms. The van der Waals surface area contributed by atoms with Crippen molar-refractivity contribution in [1.82, 2.24) is 5.32 Å². The van der Waals surface area contributed by atoms with Gasteiger partial charge in [-0.25, -0.2) is 0 Å². The van der Waals surface area contributed by atoms with Gasteiger partial charge in [0.25, 0.3) is 11.1 Å². The second kappa shape index (κ2) is 7.17. The first-order valence-electron chi connectivity index (χ1n) is 6.69. The number of thioether (sulfide) groups is 1. The Labute approximate surface area is 127 Å². The third-order valence-corrected chi connectivity index (χ3v) is 3.69. The lowest BCUT2D eigenvalue weighted by molar-refractivity contribution is -0.115. The van der Waals surface area contributed by atoms with Gasteiger partial charge in [-0.2, -0.15) is 0 Å². The van der Waals surface area contributed by atoms with Gasteiger partial charge in [-0.1, -0.05) is 19.4 Å². The van der Waals surface area contributed by atoms with Crippen LogP contribution in [0.5, 0.6) is 11.5 Å². The average Bonchev–Trinajstić information content (AvgIpc) is 2.78. The van der Waals surface area contributed by atoms with Crippen LogP contribution >= 0.6 is 11.8 Å². The van der Waals surface area contributed by atoms with Crippen LogP contribution < -0.4 is 14.8 Å². The quantitative estimate of drug-likeness (QED) is 0.646. The molecule has 0 saturated carbocycles. The maximum atomic E-state index is 11.5. The number of hydrogen-bond acceptors (Lipinski definition) is 5. The summed E-state index contributed by atoms with van der Waals surface area (Å²) in [6.45, 7) is 2.74. The van der Waals surface area contributed by atoms with Crippen LogP contribution in [0.1, 0.15) is 25.3 Å². The molecule has 1 aliphatic heterocycles. The number of amides is 2. The molecule has 0 aliphatic carbocycles. The van der Waals surface area contributed by atoms with E-state index in [-0.39, 0.29) is 11.1 Å². The van der Waals surface area contributed by atoms with Crippen LogP contribution in [0.4, 0.5) is 4.79 Å². The summed E-state index contributed by atoms with van der Waals surface area (Å²) in [4.78, 5) is 23.0. The smallest absolute Gasteiger partial charge is 0.290 e. The number of imide groups is 1. The summed E-state index contributed by atoms with van der Waals surface area (Å²) < 4.78 is 10.9. The van der Waals surface area contributed by atoms with Crippen molar-refractivity contribution >= 4 is 29.0 Å². The van der Waals surface area contributed by atoms with Crippen LogP contribution in [0, 0.1) is 0 Å². The minimum atomic E-state index is -0.368. The van der Waals surface area contributed by atoms with Crippen LogP contribution in [0.2, 0.25) is 0 Å². The topological polar surface area (TPSA) is 64.6 Å². The Bertz CT molecular complexity index is 583. The fraction of sp³-hybridized carbons (Fsp3) is 0.333. The van der Waals surface area contributed by atoms with E-state index in [2.05, 4.69) is 12.2 Å². The van der Waals surface area contributed by atoms with E-state index >= 15 is 0 Å². The lowest BCUT2D eigenvalue weighted by Gasteiger charge is -2.11. The predicted octanol–water partition coefficient (Wildman–Crippen LogP) is 3.20. The van der Waals surface area contributed by atoms with Crippen molar-refractivity contribution in [3.63, 3.8) is 0 Å². The van der Waals surface area contributed by atoms with Gasteiger partial charge in [0, 0.05) is 0 Å². The van der Waals surface area contributed by atoms with Gasteiger partial charge < -0.3 is 9.47 Å². The van der Waals surface area contributed by atoms with Crippen molar-refractivity contribution in [2.24, 2.45) is 0 Å². The molecule has 1 heterocycles. The van der Waals surface area contributed by atoms with Gasteiger partial charge in [0.05, 0.1) is 18.6 Å². The summed E-state index contributed by atoms with van der Waals surface area (Å²) in [6, 6.07) is 5.42. The standard InChI is InChI=1S/C15H17NO4S/c1-3-4-7-20-11-6-5-10(8-12(11)19-2)9-13-14(17)16-15(18)21-13/h5-6,8-9H,3-4,7H2,1-2H3,(H,16,17,18)/b13-9+. The lowest BCUT2D eigenvalue weighted by atomic mass is 10.2. The molecule has 1 aromatic carbocycles. The number of nitrogens with one attached hydrogen (secondary N) is 1. The Balaban J connectivity index is 2.17. The number of unbranched alkanes of at least 4 members (excludes halogenated alkanes) is 1. The Morgan fingerprint density at radius 3 is 2.71 bits per heavy atom. The molecule has 2 rings (SSSR count). The monoisotopic (exact) mass is 307 g/mol. The molecule has 0 atom stereocenters. The van der Waals surface area contributed by atoms with E-state index in [4.69, 9.17) is 9.47 Å². The van der Waals surface area contributed by atoms with Crippen molar-refractivity contribution in [3.05, 3.63) is 28.7 Å². The highest BCUT2D eigenvalue weighted by Gasteiger charge is 2.25. The molecule has 1 saturated heterocycles. The normalized spacial score (nSPS) is 16.2. The Hall–Kier alpha value is -1.95. The van der Waals surface area contributed by atoms with Crippen molar-refractivity contribution in [1.29, 1.82) is 0 Å². The number of hydrogen-bond donors (Lipinski definition) is 1. The van der Waals surface area contributed by atoms with E-state index in [1.165, 1.54) is 0 Å². The third kappa shape index (κ3) is 4.01. The van der Waals surface area contributed by atoms with Crippen molar-refractivity contribution in [2.45, 2.75) is 19.8 Å². The van der Waals surface area contributed by atoms with Crippen LogP contribution in [0.15, 0.2) is 23.1 Å². The molecule has 2 amide bonds. The van der Waals surface area contributed by atoms with E-state index in [0.29, 0.717) is 23.0 Å². The molecule has 112 valence electrons. The van der Waals surface area contributed by atoms with Gasteiger partial charge in [-0.05, 0) is 42.0 Å². The zero-order chi connectivity index (χ0) is 15.2. The van der Waals surface area contributed by atoms with Crippen molar-refractivity contribution in [3.8, 4) is 11.5 Å². The first-order chi connectivity index (χ1) is 10.1. The fourth-order valence-corrected chi connectivity index (χ4v) is 2.47. The van der Waals surface area contributed by atoms with E-state index in [0.717, 1.165) is 30.2 Å². The van der Waals surface area contributed by atoms with E-state index in [1.54, 1.807) is 25.3 Å². The van der Waals surface area contributed by atoms with E-state index in [1.807, 2.05) is 6.07 Å².